The lowest BCUT2D eigenvalue weighted by atomic mass is 10.0. The second-order valence-electron chi connectivity index (χ2n) is 3.27. The summed E-state index contributed by atoms with van der Waals surface area (Å²) in [5, 5.41) is 0. The minimum atomic E-state index is 0.234. The van der Waals surface area contributed by atoms with Crippen molar-refractivity contribution >= 4 is 12.4 Å². The standard InChI is InChI=1S/C12H13O/c1-10(2)12(9-13)8-11-6-4-3-5-7-11/h3-8,10H,1-2H3/b12-8-. The SMILES string of the molecule is CC(C)/C([C]=O)=C\c1ccccc1. The second-order valence-corrected chi connectivity index (χ2v) is 3.27. The molecule has 0 heterocycles. The molecule has 0 bridgehead atoms. The van der Waals surface area contributed by atoms with Crippen LogP contribution in [-0.2, 0) is 4.79 Å². The summed E-state index contributed by atoms with van der Waals surface area (Å²) in [5.41, 5.74) is 1.76. The fourth-order valence-electron chi connectivity index (χ4n) is 1.04. The number of hydrogen-bond acceptors (Lipinski definition) is 1. The van der Waals surface area contributed by atoms with Crippen LogP contribution >= 0.6 is 0 Å². The zero-order valence-corrected chi connectivity index (χ0v) is 7.95. The molecule has 0 unspecified atom stereocenters. The fourth-order valence-corrected chi connectivity index (χ4v) is 1.04. The van der Waals surface area contributed by atoms with Crippen LogP contribution in [0.3, 0.4) is 0 Å². The summed E-state index contributed by atoms with van der Waals surface area (Å²) in [7, 11) is 0. The van der Waals surface area contributed by atoms with Crippen molar-refractivity contribution < 1.29 is 4.79 Å². The maximum atomic E-state index is 10.6. The van der Waals surface area contributed by atoms with Crippen molar-refractivity contribution in [3.63, 3.8) is 0 Å². The van der Waals surface area contributed by atoms with E-state index in [2.05, 4.69) is 0 Å². The molecule has 1 rings (SSSR count). The van der Waals surface area contributed by atoms with Gasteiger partial charge >= 0.3 is 0 Å². The van der Waals surface area contributed by atoms with E-state index in [4.69, 9.17) is 0 Å². The molecule has 0 aromatic heterocycles. The zero-order chi connectivity index (χ0) is 9.68. The molecule has 0 aliphatic carbocycles. The van der Waals surface area contributed by atoms with E-state index in [1.807, 2.05) is 56.5 Å². The summed E-state index contributed by atoms with van der Waals surface area (Å²) in [6.45, 7) is 3.97. The van der Waals surface area contributed by atoms with E-state index in [0.29, 0.717) is 5.57 Å². The van der Waals surface area contributed by atoms with Crippen LogP contribution in [0.15, 0.2) is 35.9 Å². The predicted molar refractivity (Wildman–Crippen MR) is 55.0 cm³/mol. The topological polar surface area (TPSA) is 17.1 Å². The van der Waals surface area contributed by atoms with Crippen molar-refractivity contribution in [2.75, 3.05) is 0 Å². The van der Waals surface area contributed by atoms with Gasteiger partial charge < -0.3 is 0 Å². The monoisotopic (exact) mass is 173 g/mol. The van der Waals surface area contributed by atoms with Gasteiger partial charge in [-0.1, -0.05) is 44.2 Å². The van der Waals surface area contributed by atoms with E-state index in [9.17, 15) is 4.79 Å². The highest BCUT2D eigenvalue weighted by atomic mass is 16.1. The average Bonchev–Trinajstić information content (AvgIpc) is 2.15. The summed E-state index contributed by atoms with van der Waals surface area (Å²) < 4.78 is 0. The van der Waals surface area contributed by atoms with Gasteiger partial charge in [0.15, 0.2) is 0 Å². The highest BCUT2D eigenvalue weighted by molar-refractivity contribution is 5.82. The van der Waals surface area contributed by atoms with E-state index in [1.54, 1.807) is 0 Å². The summed E-state index contributed by atoms with van der Waals surface area (Å²) in [6.07, 6.45) is 3.83. The predicted octanol–water partition coefficient (Wildman–Crippen LogP) is 2.84. The number of carbonyl (C=O) groups excluding carboxylic acids is 1. The lowest BCUT2D eigenvalue weighted by Gasteiger charge is -2.01. The van der Waals surface area contributed by atoms with Crippen LogP contribution in [0.25, 0.3) is 6.08 Å². The molecule has 0 saturated heterocycles. The molecule has 1 heteroatoms. The normalized spacial score (nSPS) is 11.8. The Kier molecular flexibility index (Phi) is 3.44. The number of benzene rings is 1. The first-order valence-electron chi connectivity index (χ1n) is 4.39. The van der Waals surface area contributed by atoms with Crippen molar-refractivity contribution in [2.45, 2.75) is 13.8 Å². The van der Waals surface area contributed by atoms with E-state index >= 15 is 0 Å². The molecule has 0 atom stereocenters. The summed E-state index contributed by atoms with van der Waals surface area (Å²) >= 11 is 0. The Balaban J connectivity index is 2.92. The van der Waals surface area contributed by atoms with Crippen LogP contribution in [0.2, 0.25) is 0 Å². The van der Waals surface area contributed by atoms with E-state index < -0.39 is 0 Å². The quantitative estimate of drug-likeness (QED) is 0.642. The third-order valence-electron chi connectivity index (χ3n) is 1.86. The molecule has 1 nitrogen and oxygen atoms in total. The Labute approximate surface area is 79.1 Å². The van der Waals surface area contributed by atoms with Gasteiger partial charge in [0, 0.05) is 5.57 Å². The van der Waals surface area contributed by atoms with Crippen LogP contribution in [0, 0.1) is 5.92 Å². The van der Waals surface area contributed by atoms with Gasteiger partial charge in [-0.3, -0.25) is 4.79 Å². The van der Waals surface area contributed by atoms with Crippen LogP contribution in [0.1, 0.15) is 19.4 Å². The van der Waals surface area contributed by atoms with Gasteiger partial charge in [-0.2, -0.15) is 0 Å². The third-order valence-corrected chi connectivity index (χ3v) is 1.86. The van der Waals surface area contributed by atoms with Crippen molar-refractivity contribution in [3.8, 4) is 0 Å². The van der Waals surface area contributed by atoms with Gasteiger partial charge in [0.05, 0.1) is 0 Å². The smallest absolute Gasteiger partial charge is 0.229 e. The molecular weight excluding hydrogens is 160 g/mol. The summed E-state index contributed by atoms with van der Waals surface area (Å²) in [6, 6.07) is 9.81. The van der Waals surface area contributed by atoms with Gasteiger partial charge in [-0.15, -0.1) is 0 Å². The average molecular weight is 173 g/mol. The van der Waals surface area contributed by atoms with E-state index in [0.717, 1.165) is 5.56 Å². The first-order valence-corrected chi connectivity index (χ1v) is 4.39. The Morgan fingerprint density at radius 3 is 2.38 bits per heavy atom. The molecule has 1 radical (unpaired) electrons. The van der Waals surface area contributed by atoms with Crippen LogP contribution < -0.4 is 0 Å². The van der Waals surface area contributed by atoms with Crippen molar-refractivity contribution in [3.05, 3.63) is 41.5 Å². The molecule has 0 aliphatic rings. The highest BCUT2D eigenvalue weighted by Crippen LogP contribution is 2.11. The molecule has 0 spiro atoms. The maximum Gasteiger partial charge on any atom is 0.229 e. The molecule has 13 heavy (non-hydrogen) atoms. The van der Waals surface area contributed by atoms with Crippen molar-refractivity contribution in [1.82, 2.24) is 0 Å². The molecule has 0 fully saturated rings. The van der Waals surface area contributed by atoms with E-state index in [1.165, 1.54) is 0 Å². The Hall–Kier alpha value is -1.37. The Morgan fingerprint density at radius 1 is 1.31 bits per heavy atom. The number of hydrogen-bond donors (Lipinski definition) is 0. The Morgan fingerprint density at radius 2 is 1.92 bits per heavy atom. The number of rotatable bonds is 3. The first kappa shape index (κ1) is 9.72. The van der Waals surface area contributed by atoms with Gasteiger partial charge in [0.25, 0.3) is 0 Å². The highest BCUT2D eigenvalue weighted by Gasteiger charge is 2.01. The third kappa shape index (κ3) is 2.86. The van der Waals surface area contributed by atoms with Crippen molar-refractivity contribution in [1.29, 1.82) is 0 Å². The fraction of sp³-hybridized carbons (Fsp3) is 0.250. The lowest BCUT2D eigenvalue weighted by molar-refractivity contribution is 0.556. The number of allylic oxidation sites excluding steroid dienone is 1. The van der Waals surface area contributed by atoms with Gasteiger partial charge in [-0.25, -0.2) is 0 Å². The zero-order valence-electron chi connectivity index (χ0n) is 7.95. The van der Waals surface area contributed by atoms with Crippen molar-refractivity contribution in [2.24, 2.45) is 5.92 Å². The molecule has 67 valence electrons. The van der Waals surface area contributed by atoms with Gasteiger partial charge in [-0.05, 0) is 17.6 Å². The van der Waals surface area contributed by atoms with E-state index in [-0.39, 0.29) is 5.92 Å². The molecular formula is C12H13O. The molecule has 0 amide bonds. The lowest BCUT2D eigenvalue weighted by Crippen LogP contribution is -1.94. The molecule has 0 saturated carbocycles. The first-order chi connectivity index (χ1) is 6.24. The van der Waals surface area contributed by atoms with Gasteiger partial charge in [0.1, 0.15) is 0 Å². The van der Waals surface area contributed by atoms with Crippen LogP contribution in [-0.4, -0.2) is 6.29 Å². The van der Waals surface area contributed by atoms with Crippen LogP contribution in [0.4, 0.5) is 0 Å². The molecule has 0 aliphatic heterocycles. The summed E-state index contributed by atoms with van der Waals surface area (Å²) in [5.74, 6) is 0.234. The molecule has 1 aromatic carbocycles. The Bertz CT molecular complexity index is 296. The van der Waals surface area contributed by atoms with Crippen LogP contribution in [0.5, 0.6) is 0 Å². The summed E-state index contributed by atoms with van der Waals surface area (Å²) in [4.78, 5) is 10.6. The molecule has 1 aromatic rings. The second kappa shape index (κ2) is 4.61. The largest absolute Gasteiger partial charge is 0.285 e. The van der Waals surface area contributed by atoms with Gasteiger partial charge in [0.2, 0.25) is 6.29 Å². The minimum Gasteiger partial charge on any atom is -0.285 e. The molecule has 0 N–H and O–H groups in total. The minimum absolute atomic E-state index is 0.234. The maximum absolute atomic E-state index is 10.6.